The first-order chi connectivity index (χ1) is 6.31. The molecule has 0 aliphatic heterocycles. The van der Waals surface area contributed by atoms with E-state index in [0.29, 0.717) is 0 Å². The molecule has 0 fully saturated rings. The maximum Gasteiger partial charge on any atom is 0.0311 e. The Kier molecular flexibility index (Phi) is 9.05. The second kappa shape index (κ2) is 9.49. The van der Waals surface area contributed by atoms with Crippen molar-refractivity contribution in [2.45, 2.75) is 26.7 Å². The predicted molar refractivity (Wildman–Crippen MR) is 59.5 cm³/mol. The van der Waals surface area contributed by atoms with Gasteiger partial charge in [0.2, 0.25) is 0 Å². The molecule has 13 heavy (non-hydrogen) atoms. The summed E-state index contributed by atoms with van der Waals surface area (Å²) in [6, 6.07) is 0. The minimum atomic E-state index is 0.949. The number of unbranched alkanes of at least 4 members (excludes halogenated alkanes) is 1. The van der Waals surface area contributed by atoms with Crippen LogP contribution in [0.2, 0.25) is 0 Å². The van der Waals surface area contributed by atoms with Crippen molar-refractivity contribution in [3.63, 3.8) is 0 Å². The van der Waals surface area contributed by atoms with Crippen molar-refractivity contribution in [2.75, 3.05) is 20.1 Å². The van der Waals surface area contributed by atoms with Crippen molar-refractivity contribution in [3.05, 3.63) is 24.3 Å². The lowest BCUT2D eigenvalue weighted by atomic mass is 10.3. The molecule has 0 unspecified atom stereocenters. The molecule has 0 saturated heterocycles. The summed E-state index contributed by atoms with van der Waals surface area (Å²) in [6.45, 7) is 6.22. The van der Waals surface area contributed by atoms with Crippen LogP contribution in [0.1, 0.15) is 26.7 Å². The Morgan fingerprint density at radius 1 is 1.15 bits per heavy atom. The predicted octanol–water partition coefficient (Wildman–Crippen LogP) is 2.36. The summed E-state index contributed by atoms with van der Waals surface area (Å²) in [6.07, 6.45) is 11.0. The normalized spacial score (nSPS) is 12.3. The topological polar surface area (TPSA) is 15.3 Å². The largest absolute Gasteiger partial charge is 0.255 e. The van der Waals surface area contributed by atoms with Gasteiger partial charge in [-0.2, -0.15) is 0 Å². The van der Waals surface area contributed by atoms with Gasteiger partial charge in [0.05, 0.1) is 0 Å². The fourth-order valence-corrected chi connectivity index (χ4v) is 0.973. The van der Waals surface area contributed by atoms with Crippen LogP contribution < -0.4 is 5.43 Å². The highest BCUT2D eigenvalue weighted by molar-refractivity contribution is 5.02. The Balaban J connectivity index is 3.39. The van der Waals surface area contributed by atoms with Gasteiger partial charge in [0.15, 0.2) is 0 Å². The highest BCUT2D eigenvalue weighted by Crippen LogP contribution is 1.88. The molecule has 0 atom stereocenters. The average molecular weight is 182 g/mol. The van der Waals surface area contributed by atoms with Crippen molar-refractivity contribution >= 4 is 0 Å². The Bertz CT molecular complexity index is 150. The molecule has 1 N–H and O–H groups in total. The van der Waals surface area contributed by atoms with E-state index in [1.807, 2.05) is 7.05 Å². The van der Waals surface area contributed by atoms with Crippen LogP contribution in [-0.2, 0) is 0 Å². The molecule has 0 rings (SSSR count). The number of allylic oxidation sites excluding steroid dienone is 3. The zero-order chi connectivity index (χ0) is 9.94. The smallest absolute Gasteiger partial charge is 0.0311 e. The number of likely N-dealkylation sites (N-methyl/N-ethyl adjacent to an activating group) is 1. The van der Waals surface area contributed by atoms with Gasteiger partial charge in [-0.05, 0) is 6.42 Å². The van der Waals surface area contributed by atoms with E-state index in [9.17, 15) is 0 Å². The third kappa shape index (κ3) is 9.31. The number of hydrogen-bond donors (Lipinski definition) is 1. The van der Waals surface area contributed by atoms with Crippen molar-refractivity contribution in [2.24, 2.45) is 0 Å². The minimum absolute atomic E-state index is 0.949. The monoisotopic (exact) mass is 182 g/mol. The van der Waals surface area contributed by atoms with E-state index in [1.165, 1.54) is 12.8 Å². The van der Waals surface area contributed by atoms with Gasteiger partial charge >= 0.3 is 0 Å². The summed E-state index contributed by atoms with van der Waals surface area (Å²) in [4.78, 5) is 0. The van der Waals surface area contributed by atoms with Gasteiger partial charge in [-0.25, -0.2) is 5.01 Å². The van der Waals surface area contributed by atoms with Gasteiger partial charge < -0.3 is 0 Å². The van der Waals surface area contributed by atoms with E-state index in [0.717, 1.165) is 13.1 Å². The van der Waals surface area contributed by atoms with E-state index in [2.05, 4.69) is 48.6 Å². The van der Waals surface area contributed by atoms with Gasteiger partial charge in [-0.1, -0.05) is 44.6 Å². The van der Waals surface area contributed by atoms with Crippen LogP contribution in [-0.4, -0.2) is 25.1 Å². The Morgan fingerprint density at radius 2 is 1.85 bits per heavy atom. The highest BCUT2D eigenvalue weighted by atomic mass is 15.5. The zero-order valence-electron chi connectivity index (χ0n) is 9.09. The van der Waals surface area contributed by atoms with Crippen molar-refractivity contribution in [1.82, 2.24) is 10.4 Å². The van der Waals surface area contributed by atoms with Crippen LogP contribution >= 0.6 is 0 Å². The summed E-state index contributed by atoms with van der Waals surface area (Å²) in [5, 5.41) is 2.07. The second-order valence-corrected chi connectivity index (χ2v) is 3.04. The third-order valence-electron chi connectivity index (χ3n) is 1.65. The molecule has 2 nitrogen and oxygen atoms in total. The third-order valence-corrected chi connectivity index (χ3v) is 1.65. The van der Waals surface area contributed by atoms with Crippen LogP contribution in [0.15, 0.2) is 24.3 Å². The lowest BCUT2D eigenvalue weighted by Gasteiger charge is -2.13. The quantitative estimate of drug-likeness (QED) is 0.480. The number of rotatable bonds is 7. The lowest BCUT2D eigenvalue weighted by molar-refractivity contribution is 0.268. The first-order valence-corrected chi connectivity index (χ1v) is 5.07. The SMILES string of the molecule is CCC/C=C/C=C/CN(C)NCC. The molecular weight excluding hydrogens is 160 g/mol. The molecule has 76 valence electrons. The zero-order valence-corrected chi connectivity index (χ0v) is 9.09. The lowest BCUT2D eigenvalue weighted by Crippen LogP contribution is -2.33. The maximum atomic E-state index is 3.21. The second-order valence-electron chi connectivity index (χ2n) is 3.04. The van der Waals surface area contributed by atoms with Crippen LogP contribution in [0.4, 0.5) is 0 Å². The number of hydrazine groups is 1. The number of nitrogens with one attached hydrogen (secondary N) is 1. The standard InChI is InChI=1S/C11H22N2/c1-4-6-7-8-9-10-11-13(3)12-5-2/h7-10,12H,4-6,11H2,1-3H3/b8-7+,10-9+. The van der Waals surface area contributed by atoms with Crippen LogP contribution in [0.5, 0.6) is 0 Å². The van der Waals surface area contributed by atoms with Gasteiger partial charge in [-0.3, -0.25) is 5.43 Å². The van der Waals surface area contributed by atoms with Gasteiger partial charge in [0, 0.05) is 20.1 Å². The first-order valence-electron chi connectivity index (χ1n) is 5.07. The molecule has 0 radical (unpaired) electrons. The molecule has 0 aromatic heterocycles. The first kappa shape index (κ1) is 12.4. The molecule has 0 heterocycles. The minimum Gasteiger partial charge on any atom is -0.255 e. The summed E-state index contributed by atoms with van der Waals surface area (Å²) in [5.74, 6) is 0. The Labute approximate surface area is 82.3 Å². The molecule has 0 aromatic rings. The van der Waals surface area contributed by atoms with Gasteiger partial charge in [0.25, 0.3) is 0 Å². The summed E-state index contributed by atoms with van der Waals surface area (Å²) in [5.41, 5.74) is 3.21. The Morgan fingerprint density at radius 3 is 2.46 bits per heavy atom. The number of nitrogens with zero attached hydrogens (tertiary/aromatic N) is 1. The molecule has 0 spiro atoms. The van der Waals surface area contributed by atoms with Crippen molar-refractivity contribution < 1.29 is 0 Å². The van der Waals surface area contributed by atoms with Crippen molar-refractivity contribution in [1.29, 1.82) is 0 Å². The van der Waals surface area contributed by atoms with E-state index in [-0.39, 0.29) is 0 Å². The van der Waals surface area contributed by atoms with E-state index in [4.69, 9.17) is 0 Å². The summed E-state index contributed by atoms with van der Waals surface area (Å²) >= 11 is 0. The Hall–Kier alpha value is -0.600. The van der Waals surface area contributed by atoms with Gasteiger partial charge in [-0.15, -0.1) is 0 Å². The molecule has 0 saturated carbocycles. The van der Waals surface area contributed by atoms with Crippen LogP contribution in [0, 0.1) is 0 Å². The van der Waals surface area contributed by atoms with Crippen LogP contribution in [0.3, 0.4) is 0 Å². The molecular formula is C11H22N2. The maximum absolute atomic E-state index is 3.21. The highest BCUT2D eigenvalue weighted by Gasteiger charge is 1.87. The van der Waals surface area contributed by atoms with E-state index in [1.54, 1.807) is 0 Å². The van der Waals surface area contributed by atoms with E-state index >= 15 is 0 Å². The molecule has 0 bridgehead atoms. The van der Waals surface area contributed by atoms with Gasteiger partial charge in [0.1, 0.15) is 0 Å². The fraction of sp³-hybridized carbons (Fsp3) is 0.636. The van der Waals surface area contributed by atoms with Crippen LogP contribution in [0.25, 0.3) is 0 Å². The van der Waals surface area contributed by atoms with E-state index < -0.39 is 0 Å². The summed E-state index contributed by atoms with van der Waals surface area (Å²) in [7, 11) is 2.05. The number of hydrogen-bond acceptors (Lipinski definition) is 2. The molecule has 2 heteroatoms. The summed E-state index contributed by atoms with van der Waals surface area (Å²) < 4.78 is 0. The van der Waals surface area contributed by atoms with Crippen molar-refractivity contribution in [3.8, 4) is 0 Å². The molecule has 0 aliphatic rings. The average Bonchev–Trinajstić information content (AvgIpc) is 2.11. The molecule has 0 aromatic carbocycles. The molecule has 0 amide bonds. The molecule has 0 aliphatic carbocycles. The fourth-order valence-electron chi connectivity index (χ4n) is 0.973.